The van der Waals surface area contributed by atoms with Gasteiger partial charge in [0.05, 0.1) is 17.2 Å². The van der Waals surface area contributed by atoms with Crippen molar-refractivity contribution in [3.8, 4) is 0 Å². The van der Waals surface area contributed by atoms with Crippen LogP contribution in [-0.4, -0.2) is 44.5 Å². The summed E-state index contributed by atoms with van der Waals surface area (Å²) in [7, 11) is -3.62. The van der Waals surface area contributed by atoms with Gasteiger partial charge in [0, 0.05) is 25.1 Å². The lowest BCUT2D eigenvalue weighted by atomic mass is 10.3. The van der Waals surface area contributed by atoms with Gasteiger partial charge in [-0.3, -0.25) is 14.4 Å². The van der Waals surface area contributed by atoms with Gasteiger partial charge in [-0.25, -0.2) is 8.42 Å². The van der Waals surface area contributed by atoms with E-state index in [2.05, 4.69) is 16.0 Å². The molecule has 1 aromatic rings. The topological polar surface area (TPSA) is 121 Å². The van der Waals surface area contributed by atoms with Crippen molar-refractivity contribution < 1.29 is 22.8 Å². The van der Waals surface area contributed by atoms with Crippen molar-refractivity contribution in [3.05, 3.63) is 24.3 Å². The molecule has 0 saturated heterocycles. The van der Waals surface area contributed by atoms with Gasteiger partial charge in [0.15, 0.2) is 9.84 Å². The van der Waals surface area contributed by atoms with Gasteiger partial charge in [-0.1, -0.05) is 0 Å². The van der Waals surface area contributed by atoms with E-state index in [9.17, 15) is 22.8 Å². The van der Waals surface area contributed by atoms with E-state index in [0.717, 1.165) is 12.8 Å². The number of carbonyl (C=O) groups excluding carboxylic acids is 3. The molecule has 136 valence electrons. The highest BCUT2D eigenvalue weighted by Gasteiger charge is 2.23. The zero-order valence-corrected chi connectivity index (χ0v) is 14.7. The summed E-state index contributed by atoms with van der Waals surface area (Å²) < 4.78 is 24.4. The molecular weight excluding hydrogens is 346 g/mol. The molecule has 0 radical (unpaired) electrons. The molecule has 0 heterocycles. The summed E-state index contributed by atoms with van der Waals surface area (Å²) in [4.78, 5) is 34.2. The van der Waals surface area contributed by atoms with E-state index in [1.54, 1.807) is 0 Å². The summed E-state index contributed by atoms with van der Waals surface area (Å²) in [5.74, 6) is -1.38. The van der Waals surface area contributed by atoms with Gasteiger partial charge in [0.25, 0.3) is 0 Å². The number of hydrogen-bond acceptors (Lipinski definition) is 5. The fourth-order valence-corrected chi connectivity index (χ4v) is 3.31. The molecule has 25 heavy (non-hydrogen) atoms. The predicted octanol–water partition coefficient (Wildman–Crippen LogP) is 0.204. The highest BCUT2D eigenvalue weighted by atomic mass is 32.2. The highest BCUT2D eigenvalue weighted by molar-refractivity contribution is 7.91. The molecule has 1 aliphatic carbocycles. The van der Waals surface area contributed by atoms with Gasteiger partial charge in [-0.05, 0) is 37.1 Å². The number of amides is 3. The number of nitrogens with one attached hydrogen (secondary N) is 3. The first-order chi connectivity index (χ1) is 11.8. The van der Waals surface area contributed by atoms with Crippen LogP contribution in [0.3, 0.4) is 0 Å². The SMILES string of the molecule is CC(=O)Nc1ccc(S(=O)(=O)CCC(=O)NCC(=O)NC2CC2)cc1. The van der Waals surface area contributed by atoms with Crippen molar-refractivity contribution in [2.75, 3.05) is 17.6 Å². The summed E-state index contributed by atoms with van der Waals surface area (Å²) in [6.45, 7) is 1.20. The molecule has 0 aliphatic heterocycles. The minimum absolute atomic E-state index is 0.0703. The Bertz CT molecular complexity index is 754. The largest absolute Gasteiger partial charge is 0.352 e. The summed E-state index contributed by atoms with van der Waals surface area (Å²) in [6.07, 6.45) is 1.68. The highest BCUT2D eigenvalue weighted by Crippen LogP contribution is 2.18. The first kappa shape index (κ1) is 18.9. The van der Waals surface area contributed by atoms with Crippen LogP contribution in [-0.2, 0) is 24.2 Å². The second-order valence-electron chi connectivity index (χ2n) is 5.89. The number of benzene rings is 1. The number of carbonyl (C=O) groups is 3. The minimum Gasteiger partial charge on any atom is -0.352 e. The summed E-state index contributed by atoms with van der Waals surface area (Å²) in [5, 5.41) is 7.67. The van der Waals surface area contributed by atoms with Crippen LogP contribution in [0.4, 0.5) is 5.69 Å². The Kier molecular flexibility index (Phi) is 6.13. The van der Waals surface area contributed by atoms with Crippen LogP contribution in [0.5, 0.6) is 0 Å². The minimum atomic E-state index is -3.62. The summed E-state index contributed by atoms with van der Waals surface area (Å²) >= 11 is 0. The molecule has 8 nitrogen and oxygen atoms in total. The van der Waals surface area contributed by atoms with Gasteiger partial charge in [0.2, 0.25) is 17.7 Å². The molecule has 1 fully saturated rings. The molecule has 1 aliphatic rings. The third-order valence-electron chi connectivity index (χ3n) is 3.52. The van der Waals surface area contributed by atoms with Crippen molar-refractivity contribution >= 4 is 33.2 Å². The van der Waals surface area contributed by atoms with Crippen LogP contribution in [0.25, 0.3) is 0 Å². The third kappa shape index (κ3) is 6.54. The van der Waals surface area contributed by atoms with E-state index in [0.29, 0.717) is 5.69 Å². The molecule has 0 unspecified atom stereocenters. The molecule has 2 rings (SSSR count). The predicted molar refractivity (Wildman–Crippen MR) is 91.6 cm³/mol. The van der Waals surface area contributed by atoms with E-state index in [1.165, 1.54) is 31.2 Å². The van der Waals surface area contributed by atoms with Crippen LogP contribution in [0.2, 0.25) is 0 Å². The smallest absolute Gasteiger partial charge is 0.239 e. The van der Waals surface area contributed by atoms with Crippen LogP contribution < -0.4 is 16.0 Å². The second-order valence-corrected chi connectivity index (χ2v) is 8.00. The van der Waals surface area contributed by atoms with E-state index >= 15 is 0 Å². The molecular formula is C16H21N3O5S. The van der Waals surface area contributed by atoms with Crippen molar-refractivity contribution in [3.63, 3.8) is 0 Å². The first-order valence-electron chi connectivity index (χ1n) is 7.93. The Morgan fingerprint density at radius 2 is 1.72 bits per heavy atom. The van der Waals surface area contributed by atoms with E-state index in [4.69, 9.17) is 0 Å². The van der Waals surface area contributed by atoms with Gasteiger partial charge >= 0.3 is 0 Å². The van der Waals surface area contributed by atoms with Crippen LogP contribution in [0, 0.1) is 0 Å². The molecule has 1 aromatic carbocycles. The van der Waals surface area contributed by atoms with E-state index < -0.39 is 15.7 Å². The molecule has 0 atom stereocenters. The standard InChI is InChI=1S/C16H21N3O5S/c1-11(20)18-12-4-6-14(7-5-12)25(23,24)9-8-15(21)17-10-16(22)19-13-2-3-13/h4-7,13H,2-3,8-10H2,1H3,(H,17,21)(H,18,20)(H,19,22). The van der Waals surface area contributed by atoms with Gasteiger partial charge in [-0.15, -0.1) is 0 Å². The Hall–Kier alpha value is -2.42. The lowest BCUT2D eigenvalue weighted by molar-refractivity contribution is -0.125. The molecule has 0 aromatic heterocycles. The Morgan fingerprint density at radius 1 is 1.08 bits per heavy atom. The van der Waals surface area contributed by atoms with Crippen molar-refractivity contribution in [2.24, 2.45) is 0 Å². The molecule has 0 bridgehead atoms. The lowest BCUT2D eigenvalue weighted by Gasteiger charge is -2.08. The fraction of sp³-hybridized carbons (Fsp3) is 0.438. The van der Waals surface area contributed by atoms with Crippen molar-refractivity contribution in [1.29, 1.82) is 0 Å². The maximum atomic E-state index is 12.2. The summed E-state index contributed by atoms with van der Waals surface area (Å²) in [6, 6.07) is 5.93. The Morgan fingerprint density at radius 3 is 2.28 bits per heavy atom. The Labute approximate surface area is 146 Å². The second kappa shape index (κ2) is 8.11. The average Bonchev–Trinajstić information content (AvgIpc) is 3.35. The maximum absolute atomic E-state index is 12.2. The molecule has 3 amide bonds. The quantitative estimate of drug-likeness (QED) is 0.606. The summed E-state index contributed by atoms with van der Waals surface area (Å²) in [5.41, 5.74) is 0.492. The number of sulfone groups is 1. The first-order valence-corrected chi connectivity index (χ1v) is 9.58. The van der Waals surface area contributed by atoms with E-state index in [1.807, 2.05) is 0 Å². The van der Waals surface area contributed by atoms with Crippen molar-refractivity contribution in [1.82, 2.24) is 10.6 Å². The molecule has 1 saturated carbocycles. The molecule has 0 spiro atoms. The van der Waals surface area contributed by atoms with Crippen LogP contribution in [0.15, 0.2) is 29.2 Å². The van der Waals surface area contributed by atoms with Gasteiger partial charge < -0.3 is 16.0 Å². The van der Waals surface area contributed by atoms with Crippen LogP contribution >= 0.6 is 0 Å². The normalized spacial score (nSPS) is 13.8. The van der Waals surface area contributed by atoms with Gasteiger partial charge in [-0.2, -0.15) is 0 Å². The monoisotopic (exact) mass is 367 g/mol. The van der Waals surface area contributed by atoms with E-state index in [-0.39, 0.29) is 41.5 Å². The lowest BCUT2D eigenvalue weighted by Crippen LogP contribution is -2.38. The fourth-order valence-electron chi connectivity index (χ4n) is 2.07. The number of anilines is 1. The zero-order valence-electron chi connectivity index (χ0n) is 13.9. The zero-order chi connectivity index (χ0) is 18.4. The third-order valence-corrected chi connectivity index (χ3v) is 5.25. The Balaban J connectivity index is 1.80. The maximum Gasteiger partial charge on any atom is 0.239 e. The molecule has 9 heteroatoms. The van der Waals surface area contributed by atoms with Crippen LogP contribution in [0.1, 0.15) is 26.2 Å². The van der Waals surface area contributed by atoms with Gasteiger partial charge in [0.1, 0.15) is 0 Å². The number of hydrogen-bond donors (Lipinski definition) is 3. The van der Waals surface area contributed by atoms with Crippen molar-refractivity contribution in [2.45, 2.75) is 37.1 Å². The average molecular weight is 367 g/mol. The molecule has 3 N–H and O–H groups in total. The number of rotatable bonds is 8.